The van der Waals surface area contributed by atoms with Crippen LogP contribution >= 0.6 is 11.6 Å². The summed E-state index contributed by atoms with van der Waals surface area (Å²) in [6.07, 6.45) is 0. The van der Waals surface area contributed by atoms with Crippen LogP contribution in [0.2, 0.25) is 5.02 Å². The van der Waals surface area contributed by atoms with Crippen LogP contribution in [0.1, 0.15) is 19.6 Å². The minimum atomic E-state index is 0.676. The standard InChI is InChI=1S/C9H7ClO.C2H6/c1-6-5-7-3-2-4-8(10)9(7)11-6;1-2/h2-5H,1H3;1-2H3. The molecule has 0 aliphatic rings. The number of furan rings is 1. The van der Waals surface area contributed by atoms with Gasteiger partial charge >= 0.3 is 0 Å². The molecule has 0 amide bonds. The van der Waals surface area contributed by atoms with Crippen LogP contribution in [0.25, 0.3) is 11.0 Å². The first-order valence-electron chi connectivity index (χ1n) is 4.42. The normalized spacial score (nSPS) is 9.54. The van der Waals surface area contributed by atoms with Crippen LogP contribution in [-0.2, 0) is 0 Å². The van der Waals surface area contributed by atoms with Crippen molar-refractivity contribution in [1.29, 1.82) is 0 Å². The number of fused-ring (bicyclic) bond motifs is 1. The van der Waals surface area contributed by atoms with Crippen molar-refractivity contribution in [2.75, 3.05) is 0 Å². The minimum absolute atomic E-state index is 0.676. The van der Waals surface area contributed by atoms with Crippen molar-refractivity contribution in [1.82, 2.24) is 0 Å². The first kappa shape index (κ1) is 10.1. The molecular weight excluding hydrogens is 184 g/mol. The van der Waals surface area contributed by atoms with Gasteiger partial charge < -0.3 is 4.42 Å². The predicted molar refractivity (Wildman–Crippen MR) is 57.3 cm³/mol. The quantitative estimate of drug-likeness (QED) is 0.608. The van der Waals surface area contributed by atoms with Crippen molar-refractivity contribution < 1.29 is 4.42 Å². The molecule has 1 aromatic carbocycles. The summed E-state index contributed by atoms with van der Waals surface area (Å²) in [4.78, 5) is 0. The van der Waals surface area contributed by atoms with Crippen molar-refractivity contribution >= 4 is 22.6 Å². The molecule has 0 bridgehead atoms. The van der Waals surface area contributed by atoms with Gasteiger partial charge in [-0.1, -0.05) is 37.6 Å². The molecule has 0 atom stereocenters. The number of hydrogen-bond acceptors (Lipinski definition) is 1. The topological polar surface area (TPSA) is 13.1 Å². The molecule has 0 unspecified atom stereocenters. The third-order valence-corrected chi connectivity index (χ3v) is 1.92. The molecule has 2 aromatic rings. The van der Waals surface area contributed by atoms with Gasteiger partial charge in [-0.3, -0.25) is 0 Å². The average molecular weight is 197 g/mol. The second-order valence-electron chi connectivity index (χ2n) is 2.52. The van der Waals surface area contributed by atoms with Crippen LogP contribution < -0.4 is 0 Å². The molecule has 1 heterocycles. The fourth-order valence-electron chi connectivity index (χ4n) is 1.16. The molecule has 70 valence electrons. The Bertz CT molecular complexity index is 390. The van der Waals surface area contributed by atoms with Crippen molar-refractivity contribution in [3.8, 4) is 0 Å². The second kappa shape index (κ2) is 4.33. The largest absolute Gasteiger partial charge is 0.460 e. The summed E-state index contributed by atoms with van der Waals surface area (Å²) in [7, 11) is 0. The number of hydrogen-bond donors (Lipinski definition) is 0. The van der Waals surface area contributed by atoms with E-state index in [-0.39, 0.29) is 0 Å². The van der Waals surface area contributed by atoms with Gasteiger partial charge in [0.2, 0.25) is 0 Å². The van der Waals surface area contributed by atoms with E-state index in [1.807, 2.05) is 45.0 Å². The lowest BCUT2D eigenvalue weighted by Gasteiger charge is -1.88. The Kier molecular flexibility index (Phi) is 3.38. The van der Waals surface area contributed by atoms with E-state index >= 15 is 0 Å². The highest BCUT2D eigenvalue weighted by Gasteiger charge is 2.02. The van der Waals surface area contributed by atoms with Crippen LogP contribution in [0.4, 0.5) is 0 Å². The summed E-state index contributed by atoms with van der Waals surface area (Å²) in [5, 5.41) is 1.74. The average Bonchev–Trinajstić information content (AvgIpc) is 2.51. The van der Waals surface area contributed by atoms with Gasteiger partial charge in [0.05, 0.1) is 5.02 Å². The van der Waals surface area contributed by atoms with Crippen LogP contribution in [0.3, 0.4) is 0 Å². The lowest BCUT2D eigenvalue weighted by molar-refractivity contribution is 0.578. The summed E-state index contributed by atoms with van der Waals surface area (Å²) in [6, 6.07) is 7.70. The molecule has 0 saturated carbocycles. The molecule has 13 heavy (non-hydrogen) atoms. The maximum absolute atomic E-state index is 5.88. The van der Waals surface area contributed by atoms with Crippen molar-refractivity contribution in [3.05, 3.63) is 35.0 Å². The fourth-order valence-corrected chi connectivity index (χ4v) is 1.38. The van der Waals surface area contributed by atoms with Crippen LogP contribution in [-0.4, -0.2) is 0 Å². The number of benzene rings is 1. The van der Waals surface area contributed by atoms with E-state index in [9.17, 15) is 0 Å². The molecule has 2 heteroatoms. The number of rotatable bonds is 0. The molecule has 0 saturated heterocycles. The zero-order valence-corrected chi connectivity index (χ0v) is 8.85. The smallest absolute Gasteiger partial charge is 0.152 e. The van der Waals surface area contributed by atoms with Gasteiger partial charge in [-0.05, 0) is 19.1 Å². The summed E-state index contributed by atoms with van der Waals surface area (Å²) in [5.41, 5.74) is 0.784. The summed E-state index contributed by atoms with van der Waals surface area (Å²) < 4.78 is 5.37. The molecular formula is C11H13ClO. The lowest BCUT2D eigenvalue weighted by atomic mass is 10.2. The molecule has 0 aliphatic carbocycles. The predicted octanol–water partition coefficient (Wildman–Crippen LogP) is 4.42. The Morgan fingerprint density at radius 3 is 2.54 bits per heavy atom. The Labute approximate surface area is 83.3 Å². The fraction of sp³-hybridized carbons (Fsp3) is 0.273. The van der Waals surface area contributed by atoms with Gasteiger partial charge in [0, 0.05) is 5.39 Å². The zero-order chi connectivity index (χ0) is 9.84. The lowest BCUT2D eigenvalue weighted by Crippen LogP contribution is -1.63. The Hall–Kier alpha value is -0.950. The van der Waals surface area contributed by atoms with Gasteiger partial charge in [-0.15, -0.1) is 0 Å². The molecule has 1 nitrogen and oxygen atoms in total. The minimum Gasteiger partial charge on any atom is -0.460 e. The Morgan fingerprint density at radius 2 is 1.92 bits per heavy atom. The van der Waals surface area contributed by atoms with Crippen molar-refractivity contribution in [2.45, 2.75) is 20.8 Å². The molecule has 0 N–H and O–H groups in total. The highest BCUT2D eigenvalue weighted by atomic mass is 35.5. The first-order valence-corrected chi connectivity index (χ1v) is 4.80. The van der Waals surface area contributed by atoms with Crippen molar-refractivity contribution in [3.63, 3.8) is 0 Å². The molecule has 0 radical (unpaired) electrons. The molecule has 2 rings (SSSR count). The highest BCUT2D eigenvalue weighted by molar-refractivity contribution is 6.34. The molecule has 0 fully saturated rings. The van der Waals surface area contributed by atoms with Crippen molar-refractivity contribution in [2.24, 2.45) is 0 Å². The number of halogens is 1. The first-order chi connectivity index (χ1) is 6.27. The van der Waals surface area contributed by atoms with Crippen LogP contribution in [0, 0.1) is 6.92 Å². The summed E-state index contributed by atoms with van der Waals surface area (Å²) in [5.74, 6) is 0.896. The third-order valence-electron chi connectivity index (χ3n) is 1.62. The van der Waals surface area contributed by atoms with Gasteiger partial charge in [0.25, 0.3) is 0 Å². The van der Waals surface area contributed by atoms with E-state index in [4.69, 9.17) is 16.0 Å². The summed E-state index contributed by atoms with van der Waals surface area (Å²) in [6.45, 7) is 5.91. The van der Waals surface area contributed by atoms with E-state index in [1.54, 1.807) is 0 Å². The summed E-state index contributed by atoms with van der Waals surface area (Å²) >= 11 is 5.88. The molecule has 0 aliphatic heterocycles. The van der Waals surface area contributed by atoms with Gasteiger partial charge in [-0.2, -0.15) is 0 Å². The molecule has 0 spiro atoms. The van der Waals surface area contributed by atoms with Gasteiger partial charge in [0.1, 0.15) is 5.76 Å². The second-order valence-corrected chi connectivity index (χ2v) is 2.92. The third kappa shape index (κ3) is 2.04. The van der Waals surface area contributed by atoms with E-state index in [0.717, 1.165) is 16.7 Å². The Balaban J connectivity index is 0.000000396. The SMILES string of the molecule is CC.Cc1cc2cccc(Cl)c2o1. The zero-order valence-electron chi connectivity index (χ0n) is 8.10. The molecule has 1 aromatic heterocycles. The van der Waals surface area contributed by atoms with Crippen LogP contribution in [0.5, 0.6) is 0 Å². The monoisotopic (exact) mass is 196 g/mol. The number of para-hydroxylation sites is 1. The number of aryl methyl sites for hydroxylation is 1. The Morgan fingerprint density at radius 1 is 1.23 bits per heavy atom. The van der Waals surface area contributed by atoms with Gasteiger partial charge in [0.15, 0.2) is 5.58 Å². The van der Waals surface area contributed by atoms with E-state index in [1.165, 1.54) is 0 Å². The van der Waals surface area contributed by atoms with E-state index < -0.39 is 0 Å². The van der Waals surface area contributed by atoms with E-state index in [0.29, 0.717) is 5.02 Å². The maximum atomic E-state index is 5.88. The van der Waals surface area contributed by atoms with Crippen LogP contribution in [0.15, 0.2) is 28.7 Å². The van der Waals surface area contributed by atoms with E-state index in [2.05, 4.69) is 0 Å². The van der Waals surface area contributed by atoms with Gasteiger partial charge in [-0.25, -0.2) is 0 Å². The highest BCUT2D eigenvalue weighted by Crippen LogP contribution is 2.25. The maximum Gasteiger partial charge on any atom is 0.152 e.